The Balaban J connectivity index is 1.38. The van der Waals surface area contributed by atoms with Crippen molar-refractivity contribution in [2.45, 2.75) is 0 Å². The second kappa shape index (κ2) is 7.54. The maximum Gasteiger partial charge on any atom is 0.415 e. The van der Waals surface area contributed by atoms with Crippen LogP contribution in [-0.4, -0.2) is 53.0 Å². The van der Waals surface area contributed by atoms with Gasteiger partial charge < -0.3 is 14.5 Å². The van der Waals surface area contributed by atoms with Crippen LogP contribution in [0.1, 0.15) is 9.67 Å². The summed E-state index contributed by atoms with van der Waals surface area (Å²) in [6.07, 6.45) is 2.68. The molecular weight excluding hydrogens is 386 g/mol. The molecule has 0 bridgehead atoms. The molecular formula is C19H16ClN3O3S. The minimum absolute atomic E-state index is 0.0207. The molecule has 3 aromatic rings. The van der Waals surface area contributed by atoms with E-state index in [9.17, 15) is 9.59 Å². The first-order chi connectivity index (χ1) is 13.1. The number of hydrogen-bond donors (Lipinski definition) is 0. The van der Waals surface area contributed by atoms with E-state index >= 15 is 0 Å². The normalized spacial score (nSPS) is 14.4. The molecule has 8 heteroatoms. The molecule has 138 valence electrons. The fourth-order valence-electron chi connectivity index (χ4n) is 2.93. The van der Waals surface area contributed by atoms with Crippen LogP contribution in [0.4, 0.5) is 4.79 Å². The average molecular weight is 402 g/mol. The lowest BCUT2D eigenvalue weighted by Gasteiger charge is -2.33. The first-order valence-electron chi connectivity index (χ1n) is 8.45. The maximum absolute atomic E-state index is 12.8. The third kappa shape index (κ3) is 3.89. The number of carbonyl (C=O) groups is 2. The van der Waals surface area contributed by atoms with Crippen molar-refractivity contribution in [1.29, 1.82) is 0 Å². The number of fused-ring (bicyclic) bond motifs is 1. The van der Waals surface area contributed by atoms with Crippen LogP contribution >= 0.6 is 22.9 Å². The number of hydrogen-bond acceptors (Lipinski definition) is 5. The summed E-state index contributed by atoms with van der Waals surface area (Å²) in [4.78, 5) is 33.0. The fraction of sp³-hybridized carbons (Fsp3) is 0.211. The van der Waals surface area contributed by atoms with Crippen molar-refractivity contribution < 1.29 is 14.3 Å². The lowest BCUT2D eigenvalue weighted by atomic mass is 10.2. The van der Waals surface area contributed by atoms with Crippen LogP contribution < -0.4 is 4.74 Å². The zero-order valence-electron chi connectivity index (χ0n) is 14.3. The SMILES string of the molecule is O=C(Oc1cccnc1)N1CCN(C(=O)c2cc3ccc(Cl)cc3s2)CC1. The number of pyridine rings is 1. The highest BCUT2D eigenvalue weighted by Gasteiger charge is 2.26. The smallest absolute Gasteiger partial charge is 0.409 e. The molecule has 0 unspecified atom stereocenters. The minimum Gasteiger partial charge on any atom is -0.409 e. The summed E-state index contributed by atoms with van der Waals surface area (Å²) in [6, 6.07) is 10.9. The van der Waals surface area contributed by atoms with E-state index < -0.39 is 6.09 Å². The second-order valence-electron chi connectivity index (χ2n) is 6.13. The Hall–Kier alpha value is -2.64. The van der Waals surface area contributed by atoms with E-state index in [-0.39, 0.29) is 5.91 Å². The molecule has 0 saturated carbocycles. The van der Waals surface area contributed by atoms with Crippen molar-refractivity contribution in [3.8, 4) is 5.75 Å². The van der Waals surface area contributed by atoms with E-state index in [1.165, 1.54) is 17.5 Å². The second-order valence-corrected chi connectivity index (χ2v) is 7.65. The highest BCUT2D eigenvalue weighted by Crippen LogP contribution is 2.29. The zero-order valence-corrected chi connectivity index (χ0v) is 15.9. The number of nitrogens with zero attached hydrogens (tertiary/aromatic N) is 3. The van der Waals surface area contributed by atoms with Crippen molar-refractivity contribution in [3.05, 3.63) is 58.7 Å². The van der Waals surface area contributed by atoms with Gasteiger partial charge in [0.1, 0.15) is 0 Å². The van der Waals surface area contributed by atoms with Gasteiger partial charge in [0.25, 0.3) is 5.91 Å². The maximum atomic E-state index is 12.8. The number of aromatic nitrogens is 1. The van der Waals surface area contributed by atoms with Crippen LogP contribution in [0.25, 0.3) is 10.1 Å². The average Bonchev–Trinajstić information content (AvgIpc) is 3.11. The molecule has 1 saturated heterocycles. The van der Waals surface area contributed by atoms with Gasteiger partial charge in [-0.1, -0.05) is 17.7 Å². The predicted octanol–water partition coefficient (Wildman–Crippen LogP) is 3.91. The van der Waals surface area contributed by atoms with Crippen molar-refractivity contribution >= 4 is 45.0 Å². The zero-order chi connectivity index (χ0) is 18.8. The predicted molar refractivity (Wildman–Crippen MR) is 105 cm³/mol. The van der Waals surface area contributed by atoms with Gasteiger partial charge in [0.15, 0.2) is 5.75 Å². The lowest BCUT2D eigenvalue weighted by molar-refractivity contribution is 0.0638. The molecule has 6 nitrogen and oxygen atoms in total. The van der Waals surface area contributed by atoms with Crippen molar-refractivity contribution in [2.24, 2.45) is 0 Å². The van der Waals surface area contributed by atoms with Gasteiger partial charge in [-0.05, 0) is 35.7 Å². The highest BCUT2D eigenvalue weighted by molar-refractivity contribution is 7.20. The Morgan fingerprint density at radius 2 is 1.85 bits per heavy atom. The van der Waals surface area contributed by atoms with Gasteiger partial charge in [0.05, 0.1) is 11.1 Å². The van der Waals surface area contributed by atoms with E-state index in [0.717, 1.165) is 10.1 Å². The summed E-state index contributed by atoms with van der Waals surface area (Å²) in [5, 5.41) is 1.66. The van der Waals surface area contributed by atoms with Crippen molar-refractivity contribution in [3.63, 3.8) is 0 Å². The molecule has 3 heterocycles. The van der Waals surface area contributed by atoms with Gasteiger partial charge >= 0.3 is 6.09 Å². The number of rotatable bonds is 2. The quantitative estimate of drug-likeness (QED) is 0.653. The van der Waals surface area contributed by atoms with Crippen molar-refractivity contribution in [1.82, 2.24) is 14.8 Å². The molecule has 2 amide bonds. The summed E-state index contributed by atoms with van der Waals surface area (Å²) in [6.45, 7) is 1.80. The third-order valence-corrected chi connectivity index (χ3v) is 5.68. The van der Waals surface area contributed by atoms with Gasteiger partial charge in [-0.2, -0.15) is 0 Å². The number of carbonyl (C=O) groups excluding carboxylic acids is 2. The number of ether oxygens (including phenoxy) is 1. The summed E-state index contributed by atoms with van der Waals surface area (Å²) in [5.74, 6) is 0.387. The molecule has 1 aliphatic heterocycles. The van der Waals surface area contributed by atoms with E-state index in [0.29, 0.717) is 41.8 Å². The number of piperazine rings is 1. The monoisotopic (exact) mass is 401 g/mol. The molecule has 0 atom stereocenters. The topological polar surface area (TPSA) is 62.7 Å². The molecule has 1 aliphatic rings. The van der Waals surface area contributed by atoms with Gasteiger partial charge in [0, 0.05) is 42.1 Å². The first kappa shape index (κ1) is 17.8. The fourth-order valence-corrected chi connectivity index (χ4v) is 4.24. The largest absolute Gasteiger partial charge is 0.415 e. The molecule has 0 spiro atoms. The van der Waals surface area contributed by atoms with Crippen molar-refractivity contribution in [2.75, 3.05) is 26.2 Å². The third-order valence-electron chi connectivity index (χ3n) is 4.36. The summed E-state index contributed by atoms with van der Waals surface area (Å²) >= 11 is 7.45. The number of thiophene rings is 1. The standard InChI is InChI=1S/C19H16ClN3O3S/c20-14-4-3-13-10-17(27-16(13)11-14)18(24)22-6-8-23(9-7-22)19(25)26-15-2-1-5-21-12-15/h1-5,10-12H,6-9H2. The van der Waals surface area contributed by atoms with Crippen LogP contribution in [0.5, 0.6) is 5.75 Å². The van der Waals surface area contributed by atoms with E-state index in [1.807, 2.05) is 24.3 Å². The lowest BCUT2D eigenvalue weighted by Crippen LogP contribution is -2.51. The van der Waals surface area contributed by atoms with Gasteiger partial charge in [-0.25, -0.2) is 4.79 Å². The number of benzene rings is 1. The van der Waals surface area contributed by atoms with E-state index in [2.05, 4.69) is 4.98 Å². The van der Waals surface area contributed by atoms with Crippen LogP contribution in [0.15, 0.2) is 48.8 Å². The number of amides is 2. The summed E-state index contributed by atoms with van der Waals surface area (Å²) < 4.78 is 6.29. The molecule has 2 aromatic heterocycles. The molecule has 0 radical (unpaired) electrons. The summed E-state index contributed by atoms with van der Waals surface area (Å²) in [7, 11) is 0. The van der Waals surface area contributed by atoms with Crippen LogP contribution in [0.3, 0.4) is 0 Å². The Morgan fingerprint density at radius 3 is 2.59 bits per heavy atom. The van der Waals surface area contributed by atoms with Gasteiger partial charge in [-0.3, -0.25) is 9.78 Å². The molecule has 0 aliphatic carbocycles. The Labute approximate surface area is 164 Å². The Bertz CT molecular complexity index is 984. The molecule has 1 fully saturated rings. The van der Waals surface area contributed by atoms with Crippen LogP contribution in [-0.2, 0) is 0 Å². The molecule has 27 heavy (non-hydrogen) atoms. The molecule has 1 aromatic carbocycles. The molecule has 4 rings (SSSR count). The van der Waals surface area contributed by atoms with E-state index in [4.69, 9.17) is 16.3 Å². The first-order valence-corrected chi connectivity index (χ1v) is 9.65. The van der Waals surface area contributed by atoms with Gasteiger partial charge in [-0.15, -0.1) is 11.3 Å². The Kier molecular flexibility index (Phi) is 4.96. The van der Waals surface area contributed by atoms with Crippen LogP contribution in [0, 0.1) is 0 Å². The minimum atomic E-state index is -0.424. The van der Waals surface area contributed by atoms with Gasteiger partial charge in [0.2, 0.25) is 0 Å². The summed E-state index contributed by atoms with van der Waals surface area (Å²) in [5.41, 5.74) is 0. The molecule has 0 N–H and O–H groups in total. The Morgan fingerprint density at radius 1 is 1.07 bits per heavy atom. The number of halogens is 1. The van der Waals surface area contributed by atoms with Crippen LogP contribution in [0.2, 0.25) is 5.02 Å². The highest BCUT2D eigenvalue weighted by atomic mass is 35.5. The van der Waals surface area contributed by atoms with E-state index in [1.54, 1.807) is 28.1 Å².